The lowest BCUT2D eigenvalue weighted by Gasteiger charge is -2.10. The number of nitrogens with zero attached hydrogens (tertiary/aromatic N) is 3. The highest BCUT2D eigenvalue weighted by Gasteiger charge is 2.03. The highest BCUT2D eigenvalue weighted by molar-refractivity contribution is 7.13. The fourth-order valence-corrected chi connectivity index (χ4v) is 2.41. The van der Waals surface area contributed by atoms with Gasteiger partial charge in [-0.25, -0.2) is 9.98 Å². The molecule has 0 bridgehead atoms. The molecule has 0 radical (unpaired) electrons. The van der Waals surface area contributed by atoms with Crippen molar-refractivity contribution in [3.8, 4) is 0 Å². The molecule has 0 amide bonds. The molecule has 5 nitrogen and oxygen atoms in total. The molecule has 0 saturated carbocycles. The molecule has 1 aromatic heterocycles. The van der Waals surface area contributed by atoms with Crippen LogP contribution in [-0.2, 0) is 6.54 Å². The van der Waals surface area contributed by atoms with E-state index < -0.39 is 0 Å². The van der Waals surface area contributed by atoms with Crippen LogP contribution in [-0.4, -0.2) is 38.1 Å². The number of aliphatic imine (C=N–C) groups is 1. The third kappa shape index (κ3) is 6.23. The van der Waals surface area contributed by atoms with Gasteiger partial charge in [-0.05, 0) is 13.3 Å². The second kappa shape index (κ2) is 9.58. The molecule has 2 N–H and O–H groups in total. The van der Waals surface area contributed by atoms with Crippen LogP contribution in [0.4, 0.5) is 5.13 Å². The number of unbranched alkanes of at least 4 members (excludes halogenated alkanes) is 2. The summed E-state index contributed by atoms with van der Waals surface area (Å²) in [7, 11) is 4.01. The predicted molar refractivity (Wildman–Crippen MR) is 88.8 cm³/mol. The van der Waals surface area contributed by atoms with Gasteiger partial charge in [0.2, 0.25) is 0 Å². The normalized spacial score (nSPS) is 11.5. The van der Waals surface area contributed by atoms with E-state index in [0.29, 0.717) is 6.54 Å². The number of rotatable bonds is 8. The lowest BCUT2D eigenvalue weighted by Crippen LogP contribution is -2.37. The van der Waals surface area contributed by atoms with Crippen molar-refractivity contribution in [1.29, 1.82) is 0 Å². The first kappa shape index (κ1) is 16.8. The van der Waals surface area contributed by atoms with Crippen molar-refractivity contribution < 1.29 is 0 Å². The quantitative estimate of drug-likeness (QED) is 0.440. The van der Waals surface area contributed by atoms with Gasteiger partial charge in [0.25, 0.3) is 0 Å². The Kier molecular flexibility index (Phi) is 8.02. The number of nitrogens with one attached hydrogen (secondary N) is 2. The molecule has 6 heteroatoms. The summed E-state index contributed by atoms with van der Waals surface area (Å²) in [5.74, 6) is 0.878. The number of hydrogen-bond donors (Lipinski definition) is 2. The molecule has 1 rings (SSSR count). The summed E-state index contributed by atoms with van der Waals surface area (Å²) in [4.78, 5) is 11.1. The maximum absolute atomic E-state index is 4.57. The molecule has 1 heterocycles. The summed E-state index contributed by atoms with van der Waals surface area (Å²) < 4.78 is 0. The van der Waals surface area contributed by atoms with Gasteiger partial charge in [0.15, 0.2) is 11.1 Å². The number of thiazole rings is 1. The summed E-state index contributed by atoms with van der Waals surface area (Å²) in [6.45, 7) is 6.76. The summed E-state index contributed by atoms with van der Waals surface area (Å²) in [5, 5.41) is 9.72. The van der Waals surface area contributed by atoms with Crippen molar-refractivity contribution in [3.63, 3.8) is 0 Å². The Labute approximate surface area is 126 Å². The average Bonchev–Trinajstić information content (AvgIpc) is 2.90. The van der Waals surface area contributed by atoms with Gasteiger partial charge < -0.3 is 15.5 Å². The standard InChI is InChI=1S/C14H27N5S/c1-5-7-8-9-16-13(15-6-2)17-10-12-11-20-14(18-12)19(3)4/h11H,5-10H2,1-4H3,(H2,15,16,17). The molecule has 0 spiro atoms. The van der Waals surface area contributed by atoms with Crippen molar-refractivity contribution in [2.75, 3.05) is 32.1 Å². The molecular formula is C14H27N5S. The van der Waals surface area contributed by atoms with Gasteiger partial charge in [-0.15, -0.1) is 11.3 Å². The van der Waals surface area contributed by atoms with Crippen molar-refractivity contribution in [2.24, 2.45) is 4.99 Å². The maximum Gasteiger partial charge on any atom is 0.191 e. The maximum atomic E-state index is 4.57. The summed E-state index contributed by atoms with van der Waals surface area (Å²) in [6, 6.07) is 0. The van der Waals surface area contributed by atoms with Crippen LogP contribution in [0, 0.1) is 0 Å². The summed E-state index contributed by atoms with van der Waals surface area (Å²) >= 11 is 1.65. The summed E-state index contributed by atoms with van der Waals surface area (Å²) in [6.07, 6.45) is 3.68. The van der Waals surface area contributed by atoms with E-state index in [1.54, 1.807) is 11.3 Å². The van der Waals surface area contributed by atoms with Gasteiger partial charge in [-0.1, -0.05) is 19.8 Å². The van der Waals surface area contributed by atoms with Crippen LogP contribution < -0.4 is 15.5 Å². The zero-order valence-electron chi connectivity index (χ0n) is 13.1. The van der Waals surface area contributed by atoms with Crippen molar-refractivity contribution >= 4 is 22.4 Å². The average molecular weight is 297 g/mol. The van der Waals surface area contributed by atoms with Crippen LogP contribution in [0.15, 0.2) is 10.4 Å². The smallest absolute Gasteiger partial charge is 0.191 e. The second-order valence-corrected chi connectivity index (χ2v) is 5.68. The molecular weight excluding hydrogens is 270 g/mol. The number of hydrogen-bond acceptors (Lipinski definition) is 4. The van der Waals surface area contributed by atoms with E-state index in [-0.39, 0.29) is 0 Å². The molecule has 0 aliphatic carbocycles. The number of guanidine groups is 1. The second-order valence-electron chi connectivity index (χ2n) is 4.84. The van der Waals surface area contributed by atoms with E-state index in [1.165, 1.54) is 19.3 Å². The molecule has 0 atom stereocenters. The molecule has 114 valence electrons. The first-order valence-electron chi connectivity index (χ1n) is 7.31. The Hall–Kier alpha value is -1.30. The van der Waals surface area contributed by atoms with Crippen molar-refractivity contribution in [2.45, 2.75) is 39.7 Å². The molecule has 0 aliphatic heterocycles. The molecule has 0 fully saturated rings. The van der Waals surface area contributed by atoms with Crippen LogP contribution in [0.5, 0.6) is 0 Å². The van der Waals surface area contributed by atoms with E-state index in [0.717, 1.165) is 29.9 Å². The third-order valence-electron chi connectivity index (χ3n) is 2.74. The fraction of sp³-hybridized carbons (Fsp3) is 0.714. The van der Waals surface area contributed by atoms with Crippen LogP contribution in [0.2, 0.25) is 0 Å². The number of aromatic nitrogens is 1. The van der Waals surface area contributed by atoms with E-state index in [4.69, 9.17) is 0 Å². The first-order chi connectivity index (χ1) is 9.67. The molecule has 0 saturated heterocycles. The van der Waals surface area contributed by atoms with Gasteiger partial charge in [0.05, 0.1) is 12.2 Å². The van der Waals surface area contributed by atoms with Crippen molar-refractivity contribution in [3.05, 3.63) is 11.1 Å². The predicted octanol–water partition coefficient (Wildman–Crippen LogP) is 2.45. The fourth-order valence-electron chi connectivity index (χ4n) is 1.66. The van der Waals surface area contributed by atoms with E-state index in [1.807, 2.05) is 19.0 Å². The van der Waals surface area contributed by atoms with Crippen LogP contribution >= 0.6 is 11.3 Å². The zero-order valence-corrected chi connectivity index (χ0v) is 13.9. The Morgan fingerprint density at radius 3 is 2.70 bits per heavy atom. The lowest BCUT2D eigenvalue weighted by molar-refractivity contribution is 0.683. The minimum atomic E-state index is 0.619. The van der Waals surface area contributed by atoms with Gasteiger partial charge in [-0.2, -0.15) is 0 Å². The Bertz CT molecular complexity index is 400. The minimum Gasteiger partial charge on any atom is -0.357 e. The third-order valence-corrected chi connectivity index (χ3v) is 3.80. The van der Waals surface area contributed by atoms with Gasteiger partial charge in [0, 0.05) is 32.6 Å². The topological polar surface area (TPSA) is 52.6 Å². The number of anilines is 1. The molecule has 20 heavy (non-hydrogen) atoms. The molecule has 1 aromatic rings. The minimum absolute atomic E-state index is 0.619. The van der Waals surface area contributed by atoms with E-state index >= 15 is 0 Å². The molecule has 0 aromatic carbocycles. The molecule has 0 unspecified atom stereocenters. The SMILES string of the molecule is CCCCCNC(=NCc1csc(N(C)C)n1)NCC. The summed E-state index contributed by atoms with van der Waals surface area (Å²) in [5.41, 5.74) is 1.02. The van der Waals surface area contributed by atoms with Crippen LogP contribution in [0.1, 0.15) is 38.8 Å². The molecule has 0 aliphatic rings. The van der Waals surface area contributed by atoms with E-state index in [2.05, 4.69) is 39.8 Å². The first-order valence-corrected chi connectivity index (χ1v) is 8.19. The highest BCUT2D eigenvalue weighted by atomic mass is 32.1. The zero-order chi connectivity index (χ0) is 14.8. The van der Waals surface area contributed by atoms with Gasteiger partial charge >= 0.3 is 0 Å². The Morgan fingerprint density at radius 2 is 2.10 bits per heavy atom. The largest absolute Gasteiger partial charge is 0.357 e. The van der Waals surface area contributed by atoms with Gasteiger partial charge in [-0.3, -0.25) is 0 Å². The van der Waals surface area contributed by atoms with Crippen molar-refractivity contribution in [1.82, 2.24) is 15.6 Å². The lowest BCUT2D eigenvalue weighted by atomic mass is 10.2. The van der Waals surface area contributed by atoms with Crippen LogP contribution in [0.3, 0.4) is 0 Å². The monoisotopic (exact) mass is 297 g/mol. The highest BCUT2D eigenvalue weighted by Crippen LogP contribution is 2.18. The van der Waals surface area contributed by atoms with Crippen LogP contribution in [0.25, 0.3) is 0 Å². The van der Waals surface area contributed by atoms with E-state index in [9.17, 15) is 0 Å². The van der Waals surface area contributed by atoms with Gasteiger partial charge in [0.1, 0.15) is 0 Å². The Balaban J connectivity index is 2.47. The Morgan fingerprint density at radius 1 is 1.30 bits per heavy atom.